The fourth-order valence-electron chi connectivity index (χ4n) is 1.21. The predicted octanol–water partition coefficient (Wildman–Crippen LogP) is 3.44. The summed E-state index contributed by atoms with van der Waals surface area (Å²) in [6, 6.07) is 4.06. The Labute approximate surface area is 102 Å². The molecular formula is C10H9Cl2F2NO. The van der Waals surface area contributed by atoms with E-state index in [9.17, 15) is 13.6 Å². The van der Waals surface area contributed by atoms with Gasteiger partial charge in [-0.15, -0.1) is 0 Å². The van der Waals surface area contributed by atoms with E-state index in [4.69, 9.17) is 23.2 Å². The van der Waals surface area contributed by atoms with Crippen LogP contribution in [0, 0.1) is 0 Å². The average Bonchev–Trinajstić information content (AvgIpc) is 2.16. The second kappa shape index (κ2) is 5.46. The first-order chi connectivity index (χ1) is 7.41. The zero-order valence-corrected chi connectivity index (χ0v) is 9.82. The molecule has 0 radical (unpaired) electrons. The smallest absolute Gasteiger partial charge is 0.315 e. The van der Waals surface area contributed by atoms with Gasteiger partial charge in [0.1, 0.15) is 0 Å². The first-order valence-electron chi connectivity index (χ1n) is 4.45. The first kappa shape index (κ1) is 13.2. The Balaban J connectivity index is 2.80. The molecule has 0 aliphatic carbocycles. The van der Waals surface area contributed by atoms with Crippen molar-refractivity contribution >= 4 is 29.1 Å². The molecule has 0 bridgehead atoms. The van der Waals surface area contributed by atoms with Crippen LogP contribution in [0.25, 0.3) is 0 Å². The molecule has 0 heterocycles. The molecular weight excluding hydrogens is 259 g/mol. The molecule has 2 nitrogen and oxygen atoms in total. The number of nitrogens with one attached hydrogen (secondary N) is 1. The number of carbonyl (C=O) groups excluding carboxylic acids is 1. The number of benzene rings is 1. The van der Waals surface area contributed by atoms with Crippen LogP contribution >= 0.6 is 23.2 Å². The monoisotopic (exact) mass is 267 g/mol. The van der Waals surface area contributed by atoms with Gasteiger partial charge in [0, 0.05) is 10.0 Å². The molecule has 0 saturated carbocycles. The highest BCUT2D eigenvalue weighted by atomic mass is 35.5. The molecule has 0 aliphatic heterocycles. The predicted molar refractivity (Wildman–Crippen MR) is 59.0 cm³/mol. The SMILES string of the molecule is CC(NC(=O)C(F)F)c1ccc(Cl)cc1Cl. The van der Waals surface area contributed by atoms with Crippen molar-refractivity contribution in [2.75, 3.05) is 0 Å². The van der Waals surface area contributed by atoms with E-state index in [1.807, 2.05) is 0 Å². The lowest BCUT2D eigenvalue weighted by Gasteiger charge is -2.15. The zero-order chi connectivity index (χ0) is 12.3. The van der Waals surface area contributed by atoms with Crippen LogP contribution in [0.2, 0.25) is 10.0 Å². The molecule has 1 atom stereocenters. The van der Waals surface area contributed by atoms with E-state index in [2.05, 4.69) is 5.32 Å². The molecule has 0 spiro atoms. The van der Waals surface area contributed by atoms with Crippen molar-refractivity contribution in [3.05, 3.63) is 33.8 Å². The number of alkyl halides is 2. The van der Waals surface area contributed by atoms with Crippen molar-refractivity contribution in [1.82, 2.24) is 5.32 Å². The summed E-state index contributed by atoms with van der Waals surface area (Å²) in [4.78, 5) is 10.8. The van der Waals surface area contributed by atoms with E-state index in [-0.39, 0.29) is 0 Å². The van der Waals surface area contributed by atoms with Crippen LogP contribution in [0.1, 0.15) is 18.5 Å². The molecule has 0 aliphatic rings. The van der Waals surface area contributed by atoms with Crippen LogP contribution in [-0.2, 0) is 4.79 Å². The Morgan fingerprint density at radius 3 is 2.50 bits per heavy atom. The lowest BCUT2D eigenvalue weighted by Crippen LogP contribution is -2.31. The van der Waals surface area contributed by atoms with Gasteiger partial charge < -0.3 is 5.32 Å². The molecule has 1 aromatic rings. The summed E-state index contributed by atoms with van der Waals surface area (Å²) >= 11 is 11.6. The normalized spacial score (nSPS) is 12.6. The lowest BCUT2D eigenvalue weighted by molar-refractivity contribution is -0.132. The van der Waals surface area contributed by atoms with E-state index in [0.29, 0.717) is 15.6 Å². The van der Waals surface area contributed by atoms with Crippen LogP contribution in [0.15, 0.2) is 18.2 Å². The van der Waals surface area contributed by atoms with E-state index in [0.717, 1.165) is 0 Å². The van der Waals surface area contributed by atoms with Crippen molar-refractivity contribution in [1.29, 1.82) is 0 Å². The summed E-state index contributed by atoms with van der Waals surface area (Å²) in [6.45, 7) is 1.56. The zero-order valence-electron chi connectivity index (χ0n) is 8.31. The van der Waals surface area contributed by atoms with E-state index >= 15 is 0 Å². The second-order valence-electron chi connectivity index (χ2n) is 3.20. The summed E-state index contributed by atoms with van der Waals surface area (Å²) in [6.07, 6.45) is -3.03. The molecule has 1 amide bonds. The fraction of sp³-hybridized carbons (Fsp3) is 0.300. The van der Waals surface area contributed by atoms with Gasteiger partial charge in [-0.2, -0.15) is 8.78 Å². The summed E-state index contributed by atoms with van der Waals surface area (Å²) in [5.74, 6) is -1.32. The third kappa shape index (κ3) is 3.32. The van der Waals surface area contributed by atoms with E-state index in [1.54, 1.807) is 19.1 Å². The van der Waals surface area contributed by atoms with Crippen molar-refractivity contribution < 1.29 is 13.6 Å². The van der Waals surface area contributed by atoms with Crippen LogP contribution < -0.4 is 5.32 Å². The van der Waals surface area contributed by atoms with Crippen molar-refractivity contribution in [2.45, 2.75) is 19.4 Å². The van der Waals surface area contributed by atoms with Crippen LogP contribution in [0.4, 0.5) is 8.78 Å². The van der Waals surface area contributed by atoms with Gasteiger partial charge in [-0.1, -0.05) is 29.3 Å². The average molecular weight is 268 g/mol. The summed E-state index contributed by atoms with van der Waals surface area (Å²) in [5.41, 5.74) is 0.542. The van der Waals surface area contributed by atoms with Crippen molar-refractivity contribution in [2.24, 2.45) is 0 Å². The van der Waals surface area contributed by atoms with Crippen LogP contribution in [0.5, 0.6) is 0 Å². The van der Waals surface area contributed by atoms with Crippen LogP contribution in [-0.4, -0.2) is 12.3 Å². The summed E-state index contributed by atoms with van der Waals surface area (Å²) in [5, 5.41) is 2.91. The minimum Gasteiger partial charge on any atom is -0.345 e. The lowest BCUT2D eigenvalue weighted by atomic mass is 10.1. The molecule has 0 aromatic heterocycles. The summed E-state index contributed by atoms with van der Waals surface area (Å²) < 4.78 is 24.0. The molecule has 6 heteroatoms. The highest BCUT2D eigenvalue weighted by Crippen LogP contribution is 2.26. The van der Waals surface area contributed by atoms with Gasteiger partial charge in [0.25, 0.3) is 5.91 Å². The quantitative estimate of drug-likeness (QED) is 0.893. The Hall–Kier alpha value is -0.870. The Morgan fingerprint density at radius 2 is 2.00 bits per heavy atom. The minimum absolute atomic E-state index is 0.328. The summed E-state index contributed by atoms with van der Waals surface area (Å²) in [7, 11) is 0. The van der Waals surface area contributed by atoms with Crippen molar-refractivity contribution in [3.63, 3.8) is 0 Å². The van der Waals surface area contributed by atoms with Gasteiger partial charge in [0.2, 0.25) is 0 Å². The molecule has 1 unspecified atom stereocenters. The maximum Gasteiger partial charge on any atom is 0.315 e. The molecule has 0 saturated heterocycles. The molecule has 88 valence electrons. The van der Waals surface area contributed by atoms with Gasteiger partial charge >= 0.3 is 6.43 Å². The van der Waals surface area contributed by atoms with Gasteiger partial charge in [-0.25, -0.2) is 0 Å². The van der Waals surface area contributed by atoms with Gasteiger partial charge in [0.15, 0.2) is 0 Å². The van der Waals surface area contributed by atoms with E-state index < -0.39 is 18.4 Å². The Morgan fingerprint density at radius 1 is 1.38 bits per heavy atom. The molecule has 0 fully saturated rings. The topological polar surface area (TPSA) is 29.1 Å². The number of halogens is 4. The third-order valence-corrected chi connectivity index (χ3v) is 2.55. The largest absolute Gasteiger partial charge is 0.345 e. The van der Waals surface area contributed by atoms with Gasteiger partial charge in [-0.3, -0.25) is 4.79 Å². The van der Waals surface area contributed by atoms with E-state index in [1.165, 1.54) is 6.07 Å². The number of rotatable bonds is 3. The highest BCUT2D eigenvalue weighted by molar-refractivity contribution is 6.35. The van der Waals surface area contributed by atoms with Crippen LogP contribution in [0.3, 0.4) is 0 Å². The number of carbonyl (C=O) groups is 1. The van der Waals surface area contributed by atoms with Gasteiger partial charge in [0.05, 0.1) is 6.04 Å². The van der Waals surface area contributed by atoms with Gasteiger partial charge in [-0.05, 0) is 24.6 Å². The molecule has 1 N–H and O–H groups in total. The maximum absolute atomic E-state index is 12.0. The second-order valence-corrected chi connectivity index (χ2v) is 4.04. The minimum atomic E-state index is -3.03. The number of amides is 1. The number of hydrogen-bond donors (Lipinski definition) is 1. The number of hydrogen-bond acceptors (Lipinski definition) is 1. The Kier molecular flexibility index (Phi) is 4.50. The molecule has 16 heavy (non-hydrogen) atoms. The molecule has 1 rings (SSSR count). The van der Waals surface area contributed by atoms with Crippen molar-refractivity contribution in [3.8, 4) is 0 Å². The first-order valence-corrected chi connectivity index (χ1v) is 5.21. The highest BCUT2D eigenvalue weighted by Gasteiger charge is 2.19. The fourth-order valence-corrected chi connectivity index (χ4v) is 1.78. The Bertz CT molecular complexity index is 398. The third-order valence-electron chi connectivity index (χ3n) is 1.99. The maximum atomic E-state index is 12.0. The molecule has 1 aromatic carbocycles. The standard InChI is InChI=1S/C10H9Cl2F2NO/c1-5(15-10(16)9(13)14)7-3-2-6(11)4-8(7)12/h2-5,9H,1H3,(H,15,16).